The van der Waals surface area contributed by atoms with E-state index in [9.17, 15) is 0 Å². The summed E-state index contributed by atoms with van der Waals surface area (Å²) in [7, 11) is 0. The molecule has 0 spiro atoms. The van der Waals surface area contributed by atoms with E-state index in [1.807, 2.05) is 158 Å². The van der Waals surface area contributed by atoms with Crippen LogP contribution in [0.25, 0.3) is 179 Å². The molecular formula is C84H52N8O2. The Labute approximate surface area is 540 Å². The Morgan fingerprint density at radius 3 is 0.979 bits per heavy atom. The van der Waals surface area contributed by atoms with Gasteiger partial charge in [-0.15, -0.1) is 0 Å². The molecule has 0 saturated carbocycles. The molecule has 0 aliphatic carbocycles. The summed E-state index contributed by atoms with van der Waals surface area (Å²) in [6.45, 7) is 0. The molecule has 0 N–H and O–H groups in total. The zero-order chi connectivity index (χ0) is 62.3. The fourth-order valence-electron chi connectivity index (χ4n) is 12.4. The predicted octanol–water partition coefficient (Wildman–Crippen LogP) is 21.3. The summed E-state index contributed by atoms with van der Waals surface area (Å²) in [5.41, 5.74) is 16.4. The minimum Gasteiger partial charge on any atom is -0.455 e. The molecule has 18 rings (SSSR count). The largest absolute Gasteiger partial charge is 0.455 e. The lowest BCUT2D eigenvalue weighted by atomic mass is 10.0. The number of furan rings is 2. The fraction of sp³-hybridized carbons (Fsp3) is 0. The molecule has 6 aromatic heterocycles. The summed E-state index contributed by atoms with van der Waals surface area (Å²) in [5, 5.41) is 8.24. The van der Waals surface area contributed by atoms with E-state index < -0.39 is 0 Å². The van der Waals surface area contributed by atoms with Gasteiger partial charge in [0.05, 0.1) is 5.39 Å². The number of aromatic nitrogens is 8. The second-order valence-electron chi connectivity index (χ2n) is 23.0. The zero-order valence-corrected chi connectivity index (χ0v) is 50.4. The van der Waals surface area contributed by atoms with E-state index >= 15 is 0 Å². The van der Waals surface area contributed by atoms with E-state index in [2.05, 4.69) is 158 Å². The molecule has 0 atom stereocenters. The smallest absolute Gasteiger partial charge is 0.183 e. The van der Waals surface area contributed by atoms with Gasteiger partial charge < -0.3 is 8.83 Å². The first-order valence-corrected chi connectivity index (χ1v) is 31.1. The molecule has 18 aromatic rings. The second kappa shape index (κ2) is 23.8. The Balaban J connectivity index is 0.000000143. The molecule has 12 aromatic carbocycles. The molecule has 0 amide bonds. The molecule has 94 heavy (non-hydrogen) atoms. The van der Waals surface area contributed by atoms with Crippen molar-refractivity contribution in [2.75, 3.05) is 0 Å². The molecule has 0 fully saturated rings. The number of nitrogens with zero attached hydrogens (tertiary/aromatic N) is 8. The minimum atomic E-state index is 0.487. The van der Waals surface area contributed by atoms with Crippen molar-refractivity contribution in [1.29, 1.82) is 0 Å². The van der Waals surface area contributed by atoms with Crippen LogP contribution in [0.15, 0.2) is 325 Å². The van der Waals surface area contributed by atoms with Crippen LogP contribution in [0, 0.1) is 0 Å². The second-order valence-corrected chi connectivity index (χ2v) is 23.0. The van der Waals surface area contributed by atoms with E-state index in [-0.39, 0.29) is 0 Å². The summed E-state index contributed by atoms with van der Waals surface area (Å²) < 4.78 is 13.3. The van der Waals surface area contributed by atoms with Gasteiger partial charge in [-0.05, 0) is 73.6 Å². The average Bonchev–Trinajstić information content (AvgIpc) is 1.57. The van der Waals surface area contributed by atoms with Gasteiger partial charge in [0.1, 0.15) is 28.1 Å². The van der Waals surface area contributed by atoms with Crippen LogP contribution in [0.5, 0.6) is 0 Å². The van der Waals surface area contributed by atoms with Crippen LogP contribution in [0.4, 0.5) is 0 Å². The Kier molecular flexibility index (Phi) is 14.0. The van der Waals surface area contributed by atoms with Gasteiger partial charge in [0, 0.05) is 67.5 Å². The first-order valence-electron chi connectivity index (χ1n) is 31.1. The van der Waals surface area contributed by atoms with Crippen molar-refractivity contribution < 1.29 is 8.83 Å². The van der Waals surface area contributed by atoms with Crippen LogP contribution in [-0.2, 0) is 0 Å². The number of hydrogen-bond acceptors (Lipinski definition) is 10. The lowest BCUT2D eigenvalue weighted by Gasteiger charge is -2.11. The molecule has 0 radical (unpaired) electrons. The molecule has 0 aliphatic heterocycles. The highest BCUT2D eigenvalue weighted by Gasteiger charge is 2.25. The van der Waals surface area contributed by atoms with E-state index in [4.69, 9.17) is 48.7 Å². The van der Waals surface area contributed by atoms with Gasteiger partial charge in [-0.1, -0.05) is 279 Å². The number of pyridine rings is 2. The van der Waals surface area contributed by atoms with Gasteiger partial charge in [0.25, 0.3) is 0 Å². The highest BCUT2D eigenvalue weighted by Crippen LogP contribution is 2.44. The monoisotopic (exact) mass is 1200 g/mol. The zero-order valence-electron chi connectivity index (χ0n) is 50.4. The maximum atomic E-state index is 6.68. The molecule has 6 heterocycles. The molecule has 10 heteroatoms. The highest BCUT2D eigenvalue weighted by atomic mass is 16.3. The third-order valence-electron chi connectivity index (χ3n) is 17.1. The maximum absolute atomic E-state index is 6.68. The van der Waals surface area contributed by atoms with E-state index in [1.165, 1.54) is 0 Å². The van der Waals surface area contributed by atoms with Crippen molar-refractivity contribution in [2.45, 2.75) is 0 Å². The molecule has 440 valence electrons. The van der Waals surface area contributed by atoms with Crippen LogP contribution < -0.4 is 0 Å². The van der Waals surface area contributed by atoms with Crippen LogP contribution >= 0.6 is 0 Å². The molecule has 0 saturated heterocycles. The van der Waals surface area contributed by atoms with Crippen LogP contribution in [0.1, 0.15) is 0 Å². The first-order chi connectivity index (χ1) is 46.6. The average molecular weight is 1210 g/mol. The van der Waals surface area contributed by atoms with Gasteiger partial charge in [-0.25, -0.2) is 29.9 Å². The van der Waals surface area contributed by atoms with Gasteiger partial charge >= 0.3 is 0 Å². The SMILES string of the molecule is c1ccc(-c2ccc(-c3nc(-c4ccccc4)nc(-c4cnc(-c5ccccc5)c5oc6cc7ccccc7cc6c45)n3)cc2)cc1.c1ccc(-c2ccc(-c3nc(-c4ccccc4)nc(-c4ncc(-c5ccccc5)c5oc6cc7ccccc7cc6c45)n3)cc2)cc1. The van der Waals surface area contributed by atoms with Crippen LogP contribution in [0.3, 0.4) is 0 Å². The summed E-state index contributed by atoms with van der Waals surface area (Å²) in [5.74, 6) is 3.37. The standard InChI is InChI=1S/2C42H26N4O/c1-4-12-27(13-5-1)28-20-22-31(23-21-28)41-44-40(30-16-8-3-9-17-30)45-42(46-41)35-26-43-38(29-14-6-2-7-15-29)39-37(35)34-24-32-18-10-11-19-33(32)25-36(34)47-39;1-4-12-27(13-5-1)28-20-22-31(23-21-28)41-44-40(30-16-8-3-9-17-30)45-42(46-41)38-37-34-24-32-18-10-11-19-33(32)25-36(34)47-39(37)35(26-43-38)29-14-6-2-7-15-29/h2*1-26H. The first kappa shape index (κ1) is 55.2. The highest BCUT2D eigenvalue weighted by molar-refractivity contribution is 6.19. The topological polar surface area (TPSA) is 129 Å². The number of hydrogen-bond donors (Lipinski definition) is 0. The quantitative estimate of drug-likeness (QED) is 0.130. The Bertz CT molecular complexity index is 5450. The molecule has 0 aliphatic rings. The van der Waals surface area contributed by atoms with Gasteiger partial charge in [0.15, 0.2) is 40.5 Å². The lowest BCUT2D eigenvalue weighted by molar-refractivity contribution is 0.668. The summed E-state index contributed by atoms with van der Waals surface area (Å²) in [6, 6.07) is 103. The van der Waals surface area contributed by atoms with Crippen molar-refractivity contribution in [2.24, 2.45) is 0 Å². The fourth-order valence-corrected chi connectivity index (χ4v) is 12.4. The number of benzene rings is 12. The number of rotatable bonds is 10. The third kappa shape index (κ3) is 10.4. The Morgan fingerprint density at radius 1 is 0.213 bits per heavy atom. The van der Waals surface area contributed by atoms with Crippen LogP contribution in [-0.4, -0.2) is 39.9 Å². The Morgan fingerprint density at radius 2 is 0.521 bits per heavy atom. The van der Waals surface area contributed by atoms with E-state index in [0.717, 1.165) is 132 Å². The summed E-state index contributed by atoms with van der Waals surface area (Å²) in [6.07, 6.45) is 3.75. The predicted molar refractivity (Wildman–Crippen MR) is 379 cm³/mol. The van der Waals surface area contributed by atoms with Crippen molar-refractivity contribution in [3.63, 3.8) is 0 Å². The van der Waals surface area contributed by atoms with Crippen LogP contribution in [0.2, 0.25) is 0 Å². The molecular weight excluding hydrogens is 1150 g/mol. The maximum Gasteiger partial charge on any atom is 0.183 e. The van der Waals surface area contributed by atoms with Crippen molar-refractivity contribution in [3.05, 3.63) is 316 Å². The number of fused-ring (bicyclic) bond motifs is 8. The van der Waals surface area contributed by atoms with Crippen molar-refractivity contribution in [3.8, 4) is 113 Å². The molecule has 10 nitrogen and oxygen atoms in total. The van der Waals surface area contributed by atoms with Gasteiger partial charge in [0.2, 0.25) is 0 Å². The molecule has 0 unspecified atom stereocenters. The lowest BCUT2D eigenvalue weighted by Crippen LogP contribution is -2.01. The molecule has 0 bridgehead atoms. The summed E-state index contributed by atoms with van der Waals surface area (Å²) >= 11 is 0. The van der Waals surface area contributed by atoms with E-state index in [0.29, 0.717) is 46.2 Å². The van der Waals surface area contributed by atoms with Crippen molar-refractivity contribution >= 4 is 65.4 Å². The van der Waals surface area contributed by atoms with E-state index in [1.54, 1.807) is 0 Å². The normalized spacial score (nSPS) is 11.4. The van der Waals surface area contributed by atoms with Gasteiger partial charge in [-0.2, -0.15) is 0 Å². The summed E-state index contributed by atoms with van der Waals surface area (Å²) in [4.78, 5) is 40.3. The third-order valence-corrected chi connectivity index (χ3v) is 17.1. The van der Waals surface area contributed by atoms with Crippen molar-refractivity contribution in [1.82, 2.24) is 39.9 Å². The minimum absolute atomic E-state index is 0.487. The van der Waals surface area contributed by atoms with Gasteiger partial charge in [-0.3, -0.25) is 9.97 Å². The Hall–Kier alpha value is -12.9.